The van der Waals surface area contributed by atoms with Crippen LogP contribution in [0.25, 0.3) is 32.8 Å². The zero-order valence-corrected chi connectivity index (χ0v) is 22.6. The van der Waals surface area contributed by atoms with E-state index in [2.05, 4.69) is 9.88 Å². The molecule has 0 spiro atoms. The van der Waals surface area contributed by atoms with Crippen LogP contribution in [0.5, 0.6) is 6.01 Å². The molecule has 0 bridgehead atoms. The van der Waals surface area contributed by atoms with E-state index in [1.807, 2.05) is 61.5 Å². The average Bonchev–Trinajstić information content (AvgIpc) is 2.91. The number of rotatable bonds is 7. The maximum atomic E-state index is 16.4. The zero-order valence-electron chi connectivity index (χ0n) is 21.9. The van der Waals surface area contributed by atoms with E-state index >= 15 is 4.39 Å². The van der Waals surface area contributed by atoms with Crippen molar-refractivity contribution in [3.8, 4) is 17.1 Å². The van der Waals surface area contributed by atoms with Crippen LogP contribution in [0.1, 0.15) is 13.3 Å². The van der Waals surface area contributed by atoms with Gasteiger partial charge in [-0.15, -0.1) is 0 Å². The Morgan fingerprint density at radius 3 is 2.53 bits per heavy atom. The second kappa shape index (κ2) is 11.1. The molecule has 0 N–H and O–H groups in total. The lowest BCUT2D eigenvalue weighted by Gasteiger charge is -2.35. The molecule has 5 rings (SSSR count). The average molecular weight is 536 g/mol. The molecule has 9 heteroatoms. The van der Waals surface area contributed by atoms with Crippen LogP contribution in [0.2, 0.25) is 5.02 Å². The summed E-state index contributed by atoms with van der Waals surface area (Å²) >= 11 is 6.79. The number of nitrogens with zero attached hydrogens (tertiary/aromatic N) is 5. The first-order valence-electron chi connectivity index (χ1n) is 12.8. The van der Waals surface area contributed by atoms with Gasteiger partial charge >= 0.3 is 6.01 Å². The summed E-state index contributed by atoms with van der Waals surface area (Å²) in [5.41, 5.74) is 1.18. The van der Waals surface area contributed by atoms with Crippen molar-refractivity contribution in [2.45, 2.75) is 13.3 Å². The molecule has 0 atom stereocenters. The quantitative estimate of drug-likeness (QED) is 0.302. The molecule has 1 amide bonds. The number of anilines is 1. The Balaban J connectivity index is 1.62. The highest BCUT2D eigenvalue weighted by Crippen LogP contribution is 2.41. The van der Waals surface area contributed by atoms with Crippen molar-refractivity contribution in [2.75, 3.05) is 58.3 Å². The van der Waals surface area contributed by atoms with Crippen LogP contribution < -0.4 is 9.64 Å². The summed E-state index contributed by atoms with van der Waals surface area (Å²) in [5, 5.41) is 2.72. The molecule has 1 fully saturated rings. The first kappa shape index (κ1) is 26.1. The Kier molecular flexibility index (Phi) is 7.63. The molecule has 1 aliphatic heterocycles. The van der Waals surface area contributed by atoms with Gasteiger partial charge in [-0.2, -0.15) is 9.97 Å². The fraction of sp³-hybridized carbons (Fsp3) is 0.345. The van der Waals surface area contributed by atoms with E-state index in [0.717, 1.165) is 23.7 Å². The fourth-order valence-electron chi connectivity index (χ4n) is 4.93. The van der Waals surface area contributed by atoms with E-state index in [-0.39, 0.29) is 17.4 Å². The molecule has 0 saturated carbocycles. The van der Waals surface area contributed by atoms with Gasteiger partial charge in [-0.1, -0.05) is 54.1 Å². The Labute approximate surface area is 226 Å². The van der Waals surface area contributed by atoms with Crippen molar-refractivity contribution in [1.82, 2.24) is 19.8 Å². The lowest BCUT2D eigenvalue weighted by molar-refractivity contribution is -0.129. The Bertz CT molecular complexity index is 1480. The summed E-state index contributed by atoms with van der Waals surface area (Å²) in [6.45, 7) is 5.08. The first-order chi connectivity index (χ1) is 18.3. The Morgan fingerprint density at radius 1 is 1.05 bits per heavy atom. The van der Waals surface area contributed by atoms with Gasteiger partial charge in [0, 0.05) is 50.6 Å². The molecule has 7 nitrogen and oxygen atoms in total. The van der Waals surface area contributed by atoms with Crippen LogP contribution in [-0.4, -0.2) is 79.1 Å². The maximum Gasteiger partial charge on any atom is 0.319 e. The molecular formula is C29H31ClFN5O2. The minimum atomic E-state index is -0.506. The third kappa shape index (κ3) is 5.24. The van der Waals surface area contributed by atoms with Crippen LogP contribution in [0, 0.1) is 5.82 Å². The van der Waals surface area contributed by atoms with Crippen LogP contribution in [-0.2, 0) is 4.79 Å². The number of benzene rings is 3. The van der Waals surface area contributed by atoms with Gasteiger partial charge in [0.05, 0.1) is 11.6 Å². The predicted octanol–water partition coefficient (Wildman–Crippen LogP) is 5.24. The highest BCUT2D eigenvalue weighted by atomic mass is 35.5. The third-order valence-corrected chi connectivity index (χ3v) is 7.20. The van der Waals surface area contributed by atoms with Gasteiger partial charge < -0.3 is 19.4 Å². The number of piperazine rings is 1. The summed E-state index contributed by atoms with van der Waals surface area (Å²) in [6, 6.07) is 15.5. The molecule has 1 aliphatic rings. The lowest BCUT2D eigenvalue weighted by atomic mass is 9.96. The highest BCUT2D eigenvalue weighted by molar-refractivity contribution is 6.35. The van der Waals surface area contributed by atoms with E-state index in [1.165, 1.54) is 0 Å². The summed E-state index contributed by atoms with van der Waals surface area (Å²) < 4.78 is 22.3. The highest BCUT2D eigenvalue weighted by Gasteiger charge is 2.26. The Hall–Kier alpha value is -3.49. The van der Waals surface area contributed by atoms with Crippen molar-refractivity contribution in [3.05, 3.63) is 59.4 Å². The third-order valence-electron chi connectivity index (χ3n) is 6.91. The Morgan fingerprint density at radius 2 is 1.79 bits per heavy atom. The number of fused-ring (bicyclic) bond motifs is 2. The van der Waals surface area contributed by atoms with Gasteiger partial charge in [0.2, 0.25) is 5.91 Å². The second-order valence-electron chi connectivity index (χ2n) is 9.80. The van der Waals surface area contributed by atoms with E-state index in [1.54, 1.807) is 17.9 Å². The predicted molar refractivity (Wildman–Crippen MR) is 151 cm³/mol. The van der Waals surface area contributed by atoms with Gasteiger partial charge in [-0.3, -0.25) is 4.79 Å². The van der Waals surface area contributed by atoms with E-state index in [0.29, 0.717) is 60.1 Å². The van der Waals surface area contributed by atoms with E-state index in [4.69, 9.17) is 21.3 Å². The molecule has 1 saturated heterocycles. The molecule has 3 aromatic carbocycles. The van der Waals surface area contributed by atoms with Gasteiger partial charge in [0.25, 0.3) is 0 Å². The van der Waals surface area contributed by atoms with Crippen molar-refractivity contribution >= 4 is 45.0 Å². The van der Waals surface area contributed by atoms with Crippen LogP contribution in [0.15, 0.2) is 48.5 Å². The second-order valence-corrected chi connectivity index (χ2v) is 10.2. The van der Waals surface area contributed by atoms with Crippen LogP contribution >= 0.6 is 11.6 Å². The standard InChI is InChI=1S/C29H31ClFN5O2/c1-19(37)35-13-15-36(16-14-35)28-23-18-24(30)25(22-11-6-9-20-8-4-5-10-21(20)22)26(31)27(23)32-29(33-28)38-17-7-12-34(2)3/h4-6,8-11,18H,7,12-17H2,1-3H3. The van der Waals surface area contributed by atoms with Gasteiger partial charge in [-0.25, -0.2) is 4.39 Å². The van der Waals surface area contributed by atoms with Crippen molar-refractivity contribution in [1.29, 1.82) is 0 Å². The van der Waals surface area contributed by atoms with Crippen molar-refractivity contribution in [2.24, 2.45) is 0 Å². The molecular weight excluding hydrogens is 505 g/mol. The number of halogens is 2. The molecule has 38 heavy (non-hydrogen) atoms. The first-order valence-corrected chi connectivity index (χ1v) is 13.2. The van der Waals surface area contributed by atoms with Crippen LogP contribution in [0.4, 0.5) is 10.2 Å². The minimum Gasteiger partial charge on any atom is -0.463 e. The van der Waals surface area contributed by atoms with Crippen molar-refractivity contribution < 1.29 is 13.9 Å². The number of amides is 1. The SMILES string of the molecule is CC(=O)N1CCN(c2nc(OCCCN(C)C)nc3c(F)c(-c4cccc5ccccc45)c(Cl)cc23)CC1. The number of hydrogen-bond donors (Lipinski definition) is 0. The van der Waals surface area contributed by atoms with Gasteiger partial charge in [0.1, 0.15) is 11.3 Å². The molecule has 0 radical (unpaired) electrons. The smallest absolute Gasteiger partial charge is 0.319 e. The number of carbonyl (C=O) groups is 1. The lowest BCUT2D eigenvalue weighted by Crippen LogP contribution is -2.48. The van der Waals surface area contributed by atoms with E-state index in [9.17, 15) is 4.79 Å². The summed E-state index contributed by atoms with van der Waals surface area (Å²) in [4.78, 5) is 27.0. The largest absolute Gasteiger partial charge is 0.463 e. The zero-order chi connectivity index (χ0) is 26.8. The molecule has 0 aliphatic carbocycles. The number of ether oxygens (including phenoxy) is 1. The fourth-order valence-corrected chi connectivity index (χ4v) is 5.23. The monoisotopic (exact) mass is 535 g/mol. The van der Waals surface area contributed by atoms with Gasteiger partial charge in [-0.05, 0) is 42.9 Å². The van der Waals surface area contributed by atoms with E-state index < -0.39 is 5.82 Å². The topological polar surface area (TPSA) is 61.8 Å². The molecule has 0 unspecified atom stereocenters. The summed E-state index contributed by atoms with van der Waals surface area (Å²) in [6.07, 6.45) is 0.783. The molecule has 198 valence electrons. The molecule has 1 aromatic heterocycles. The van der Waals surface area contributed by atoms with Gasteiger partial charge in [0.15, 0.2) is 5.82 Å². The van der Waals surface area contributed by atoms with Crippen LogP contribution in [0.3, 0.4) is 0 Å². The number of aromatic nitrogens is 2. The molecule has 2 heterocycles. The summed E-state index contributed by atoms with van der Waals surface area (Å²) in [5.74, 6) is 0.0926. The summed E-state index contributed by atoms with van der Waals surface area (Å²) in [7, 11) is 4.00. The minimum absolute atomic E-state index is 0.0379. The number of carbonyl (C=O) groups excluding carboxylic acids is 1. The number of hydrogen-bond acceptors (Lipinski definition) is 6. The normalized spacial score (nSPS) is 14.1. The van der Waals surface area contributed by atoms with Crippen molar-refractivity contribution in [3.63, 3.8) is 0 Å². The maximum absolute atomic E-state index is 16.4. The molecule has 4 aromatic rings.